The Bertz CT molecular complexity index is 563. The molecule has 1 atom stereocenters. The minimum atomic E-state index is 0.408. The molecule has 0 radical (unpaired) electrons. The van der Waals surface area contributed by atoms with Crippen molar-refractivity contribution in [2.75, 3.05) is 7.11 Å². The summed E-state index contributed by atoms with van der Waals surface area (Å²) in [5.41, 5.74) is 2.09. The smallest absolute Gasteiger partial charge is 0.125 e. The molecule has 0 aliphatic heterocycles. The molecule has 1 unspecified atom stereocenters. The van der Waals surface area contributed by atoms with Gasteiger partial charge in [0.2, 0.25) is 0 Å². The summed E-state index contributed by atoms with van der Waals surface area (Å²) >= 11 is 6.07. The fraction of sp³-hybridized carbons (Fsp3) is 0.533. The first kappa shape index (κ1) is 14.2. The summed E-state index contributed by atoms with van der Waals surface area (Å²) in [6.45, 7) is 6.67. The summed E-state index contributed by atoms with van der Waals surface area (Å²) in [4.78, 5) is 4.63. The molecular weight excluding hydrogens is 260 g/mol. The lowest BCUT2D eigenvalue weighted by Crippen LogP contribution is -2.16. The monoisotopic (exact) mass is 280 g/mol. The summed E-state index contributed by atoms with van der Waals surface area (Å²) < 4.78 is 7.59. The molecule has 1 heterocycles. The number of hydrogen-bond acceptors (Lipinski definition) is 2. The summed E-state index contributed by atoms with van der Waals surface area (Å²) in [6.07, 6.45) is 1.06. The number of nitrogens with zero attached hydrogens (tertiary/aromatic N) is 2. The zero-order chi connectivity index (χ0) is 14.0. The Morgan fingerprint density at radius 3 is 2.63 bits per heavy atom. The number of benzene rings is 1. The molecule has 3 nitrogen and oxygen atoms in total. The molecule has 2 aromatic rings. The molecule has 4 heteroatoms. The number of alkyl halides is 1. The molecule has 0 saturated heterocycles. The molecule has 0 bridgehead atoms. The molecule has 1 aromatic carbocycles. The summed E-state index contributed by atoms with van der Waals surface area (Å²) in [6, 6.07) is 6.39. The molecule has 0 aliphatic carbocycles. The number of fused-ring (bicyclic) bond motifs is 1. The van der Waals surface area contributed by atoms with E-state index in [1.54, 1.807) is 7.11 Å². The molecule has 0 saturated carbocycles. The van der Waals surface area contributed by atoms with Gasteiger partial charge < -0.3 is 9.30 Å². The zero-order valence-electron chi connectivity index (χ0n) is 12.0. The number of imidazole rings is 1. The van der Waals surface area contributed by atoms with Crippen LogP contribution in [0.15, 0.2) is 18.2 Å². The highest BCUT2D eigenvalue weighted by atomic mass is 35.5. The zero-order valence-corrected chi connectivity index (χ0v) is 12.7. The van der Waals surface area contributed by atoms with Crippen molar-refractivity contribution in [1.29, 1.82) is 0 Å². The van der Waals surface area contributed by atoms with Crippen LogP contribution < -0.4 is 4.74 Å². The van der Waals surface area contributed by atoms with Gasteiger partial charge in [-0.3, -0.25) is 0 Å². The fourth-order valence-corrected chi connectivity index (χ4v) is 2.85. The maximum absolute atomic E-state index is 6.07. The summed E-state index contributed by atoms with van der Waals surface area (Å²) in [7, 11) is 1.68. The molecule has 0 aliphatic rings. The van der Waals surface area contributed by atoms with E-state index in [4.69, 9.17) is 16.3 Å². The van der Waals surface area contributed by atoms with Crippen LogP contribution in [0.25, 0.3) is 11.0 Å². The first-order valence-corrected chi connectivity index (χ1v) is 7.26. The largest absolute Gasteiger partial charge is 0.497 e. The van der Waals surface area contributed by atoms with Crippen molar-refractivity contribution < 1.29 is 4.74 Å². The van der Waals surface area contributed by atoms with E-state index < -0.39 is 0 Å². The average Bonchev–Trinajstić information content (AvgIpc) is 2.77. The Morgan fingerprint density at radius 2 is 2.11 bits per heavy atom. The van der Waals surface area contributed by atoms with Crippen molar-refractivity contribution in [3.63, 3.8) is 0 Å². The van der Waals surface area contributed by atoms with Gasteiger partial charge in [0, 0.05) is 12.1 Å². The van der Waals surface area contributed by atoms with Gasteiger partial charge in [-0.05, 0) is 24.5 Å². The van der Waals surface area contributed by atoms with Crippen LogP contribution in [0.1, 0.15) is 39.1 Å². The van der Waals surface area contributed by atoms with Crippen LogP contribution in [-0.4, -0.2) is 16.7 Å². The number of halogens is 1. The second-order valence-corrected chi connectivity index (χ2v) is 5.37. The van der Waals surface area contributed by atoms with E-state index in [0.29, 0.717) is 17.8 Å². The minimum absolute atomic E-state index is 0.408. The van der Waals surface area contributed by atoms with Crippen molar-refractivity contribution in [3.05, 3.63) is 24.0 Å². The van der Waals surface area contributed by atoms with Gasteiger partial charge in [0.1, 0.15) is 11.6 Å². The Labute approximate surface area is 119 Å². The lowest BCUT2D eigenvalue weighted by atomic mass is 10.0. The standard InChI is InChI=1S/C15H21ClN2O/c1-5-13(10(2)3)18-14-8-11(19-4)6-7-12(14)17-15(18)9-16/h6-8,10,13H,5,9H2,1-4H3. The van der Waals surface area contributed by atoms with Crippen LogP contribution in [0.4, 0.5) is 0 Å². The van der Waals surface area contributed by atoms with Crippen molar-refractivity contribution in [2.24, 2.45) is 5.92 Å². The van der Waals surface area contributed by atoms with Crippen molar-refractivity contribution in [2.45, 2.75) is 39.1 Å². The minimum Gasteiger partial charge on any atom is -0.497 e. The van der Waals surface area contributed by atoms with Crippen LogP contribution >= 0.6 is 11.6 Å². The van der Waals surface area contributed by atoms with Crippen LogP contribution in [-0.2, 0) is 5.88 Å². The third-order valence-corrected chi connectivity index (χ3v) is 3.85. The molecular formula is C15H21ClN2O. The molecule has 0 spiro atoms. The van der Waals surface area contributed by atoms with E-state index in [1.165, 1.54) is 0 Å². The highest BCUT2D eigenvalue weighted by molar-refractivity contribution is 6.16. The Kier molecular flexibility index (Phi) is 4.35. The predicted octanol–water partition coefficient (Wildman–Crippen LogP) is 4.39. The van der Waals surface area contributed by atoms with Gasteiger partial charge in [-0.2, -0.15) is 0 Å². The van der Waals surface area contributed by atoms with Gasteiger partial charge in [0.25, 0.3) is 0 Å². The van der Waals surface area contributed by atoms with E-state index >= 15 is 0 Å². The van der Waals surface area contributed by atoms with Crippen molar-refractivity contribution >= 4 is 22.6 Å². The van der Waals surface area contributed by atoms with Crippen molar-refractivity contribution in [1.82, 2.24) is 9.55 Å². The highest BCUT2D eigenvalue weighted by Gasteiger charge is 2.20. The summed E-state index contributed by atoms with van der Waals surface area (Å²) in [5.74, 6) is 2.76. The Morgan fingerprint density at radius 1 is 1.37 bits per heavy atom. The lowest BCUT2D eigenvalue weighted by Gasteiger charge is -2.23. The lowest BCUT2D eigenvalue weighted by molar-refractivity contribution is 0.366. The topological polar surface area (TPSA) is 27.1 Å². The van der Waals surface area contributed by atoms with Crippen LogP contribution in [0.2, 0.25) is 0 Å². The van der Waals surface area contributed by atoms with Gasteiger partial charge in [0.05, 0.1) is 24.0 Å². The van der Waals surface area contributed by atoms with Crippen LogP contribution in [0, 0.1) is 5.92 Å². The maximum Gasteiger partial charge on any atom is 0.125 e. The van der Waals surface area contributed by atoms with E-state index in [9.17, 15) is 0 Å². The van der Waals surface area contributed by atoms with Gasteiger partial charge >= 0.3 is 0 Å². The van der Waals surface area contributed by atoms with Gasteiger partial charge in [-0.15, -0.1) is 11.6 Å². The quantitative estimate of drug-likeness (QED) is 0.760. The average molecular weight is 281 g/mol. The normalized spacial score (nSPS) is 13.2. The van der Waals surface area contributed by atoms with Gasteiger partial charge in [0.15, 0.2) is 0 Å². The number of aromatic nitrogens is 2. The number of ether oxygens (including phenoxy) is 1. The Hall–Kier alpha value is -1.22. The first-order chi connectivity index (χ1) is 9.12. The van der Waals surface area contributed by atoms with E-state index in [0.717, 1.165) is 29.0 Å². The summed E-state index contributed by atoms with van der Waals surface area (Å²) in [5, 5.41) is 0. The molecule has 2 rings (SSSR count). The molecule has 0 N–H and O–H groups in total. The molecule has 0 amide bonds. The molecule has 1 aromatic heterocycles. The van der Waals surface area contributed by atoms with Crippen molar-refractivity contribution in [3.8, 4) is 5.75 Å². The highest BCUT2D eigenvalue weighted by Crippen LogP contribution is 2.31. The third-order valence-electron chi connectivity index (χ3n) is 3.61. The second kappa shape index (κ2) is 5.83. The van der Waals surface area contributed by atoms with Crippen LogP contribution in [0.3, 0.4) is 0 Å². The maximum atomic E-state index is 6.07. The molecule has 104 valence electrons. The van der Waals surface area contributed by atoms with E-state index in [-0.39, 0.29) is 0 Å². The predicted molar refractivity (Wildman–Crippen MR) is 80.0 cm³/mol. The van der Waals surface area contributed by atoms with Crippen LogP contribution in [0.5, 0.6) is 5.75 Å². The number of hydrogen-bond donors (Lipinski definition) is 0. The van der Waals surface area contributed by atoms with E-state index in [2.05, 4.69) is 30.3 Å². The van der Waals surface area contributed by atoms with Gasteiger partial charge in [-0.25, -0.2) is 4.98 Å². The molecule has 0 fully saturated rings. The number of methoxy groups -OCH3 is 1. The third kappa shape index (κ3) is 2.57. The Balaban J connectivity index is 2.67. The second-order valence-electron chi connectivity index (χ2n) is 5.11. The SMILES string of the molecule is CCC(C(C)C)n1c(CCl)nc2ccc(OC)cc21. The number of rotatable bonds is 5. The van der Waals surface area contributed by atoms with E-state index in [1.807, 2.05) is 18.2 Å². The molecule has 19 heavy (non-hydrogen) atoms. The fourth-order valence-electron chi connectivity index (χ4n) is 2.67. The van der Waals surface area contributed by atoms with Gasteiger partial charge in [-0.1, -0.05) is 20.8 Å². The first-order valence-electron chi connectivity index (χ1n) is 6.73.